The fourth-order valence-electron chi connectivity index (χ4n) is 12.1. The number of hydrogen-bond donors (Lipinski definition) is 0. The summed E-state index contributed by atoms with van der Waals surface area (Å²) in [5, 5.41) is 14.6. The van der Waals surface area contributed by atoms with Crippen molar-refractivity contribution in [3.05, 3.63) is 255 Å². The average Bonchev–Trinajstić information content (AvgIpc) is 4.14. The predicted molar refractivity (Wildman–Crippen MR) is 312 cm³/mol. The smallest absolute Gasteiger partial charge is 0.238 e. The zero-order chi connectivity index (χ0) is 49.1. The van der Waals surface area contributed by atoms with Gasteiger partial charge in [-0.2, -0.15) is 9.97 Å². The van der Waals surface area contributed by atoms with Gasteiger partial charge in [0.1, 0.15) is 0 Å². The van der Waals surface area contributed by atoms with Gasteiger partial charge in [-0.25, -0.2) is 4.98 Å². The first-order valence-electron chi connectivity index (χ1n) is 25.5. The summed E-state index contributed by atoms with van der Waals surface area (Å²) in [5.74, 6) is 1.74. The third kappa shape index (κ3) is 6.24. The number of nitrogens with zero attached hydrogens (tertiary/aromatic N) is 6. The Hall–Kier alpha value is -10.2. The second-order valence-corrected chi connectivity index (χ2v) is 19.5. The molecule has 12 aromatic carbocycles. The Morgan fingerprint density at radius 2 is 0.613 bits per heavy atom. The van der Waals surface area contributed by atoms with Crippen molar-refractivity contribution in [3.63, 3.8) is 0 Å². The van der Waals surface area contributed by atoms with Gasteiger partial charge in [-0.05, 0) is 98.0 Å². The quantitative estimate of drug-likeness (QED) is 0.156. The molecule has 0 aliphatic heterocycles. The van der Waals surface area contributed by atoms with E-state index in [1.54, 1.807) is 0 Å². The third-order valence-electron chi connectivity index (χ3n) is 15.5. The van der Waals surface area contributed by atoms with E-state index >= 15 is 0 Å². The van der Waals surface area contributed by atoms with E-state index in [0.717, 1.165) is 77.3 Å². The second kappa shape index (κ2) is 16.2. The van der Waals surface area contributed by atoms with Crippen molar-refractivity contribution in [2.45, 2.75) is 0 Å². The SMILES string of the molecule is c1ccc(-c2nc(-c3ccc4c5ccccc5n(-c5ccccc5)c4c3)nc(-n3c4ccccc4c4ccc5c6ccccc6n(-c6ccc(-c7ccc8c9ccccc9c9ccccc9c8c7)cc6)c5c43)n2)cc1. The number of rotatable bonds is 6. The Bertz CT molecular complexity index is 4950. The van der Waals surface area contributed by atoms with E-state index in [0.29, 0.717) is 17.6 Å². The maximum Gasteiger partial charge on any atom is 0.238 e. The standard InChI is InChI=1S/C69H42N6/c1-3-17-44(18-4-1)67-70-68(46-34-38-57-54-25-11-14-28-61(54)73(64(57)42-46)47-19-5-2-6-20-47)72-69(71-67)75-63-30-16-13-27-56(63)59-40-39-58-55-26-12-15-29-62(55)74(65(58)66(59)75)48-35-31-43(32-36-48)45-33-37-53-51-23-8-7-21-49(51)50-22-9-10-24-52(50)60(53)41-45/h1-42H. The van der Waals surface area contributed by atoms with Gasteiger partial charge in [0.25, 0.3) is 0 Å². The van der Waals surface area contributed by atoms with E-state index in [1.165, 1.54) is 54.0 Å². The van der Waals surface area contributed by atoms with Crippen molar-refractivity contribution in [2.75, 3.05) is 0 Å². The Kier molecular flexibility index (Phi) is 8.94. The number of hydrogen-bond acceptors (Lipinski definition) is 3. The van der Waals surface area contributed by atoms with Crippen LogP contribution < -0.4 is 0 Å². The summed E-state index contributed by atoms with van der Waals surface area (Å²) < 4.78 is 7.05. The molecule has 75 heavy (non-hydrogen) atoms. The van der Waals surface area contributed by atoms with Gasteiger partial charge in [0.2, 0.25) is 5.95 Å². The fraction of sp³-hybridized carbons (Fsp3) is 0. The molecule has 6 nitrogen and oxygen atoms in total. The van der Waals surface area contributed by atoms with Crippen molar-refractivity contribution in [2.24, 2.45) is 0 Å². The molecule has 0 atom stereocenters. The lowest BCUT2D eigenvalue weighted by atomic mass is 9.92. The molecule has 0 unspecified atom stereocenters. The molecule has 16 aromatic rings. The van der Waals surface area contributed by atoms with Crippen molar-refractivity contribution in [1.29, 1.82) is 0 Å². The summed E-state index contributed by atoms with van der Waals surface area (Å²) in [7, 11) is 0. The molecule has 0 N–H and O–H groups in total. The molecule has 4 heterocycles. The molecule has 0 amide bonds. The van der Waals surface area contributed by atoms with Gasteiger partial charge in [0.05, 0.1) is 33.1 Å². The second-order valence-electron chi connectivity index (χ2n) is 19.5. The molecule has 0 fully saturated rings. The highest BCUT2D eigenvalue weighted by molar-refractivity contribution is 6.26. The molecule has 0 aliphatic rings. The fourth-order valence-corrected chi connectivity index (χ4v) is 12.1. The molecular weight excluding hydrogens is 913 g/mol. The normalized spacial score (nSPS) is 12.0. The van der Waals surface area contributed by atoms with E-state index in [1.807, 2.05) is 18.2 Å². The molecule has 0 spiro atoms. The van der Waals surface area contributed by atoms with Crippen molar-refractivity contribution >= 4 is 97.7 Å². The Morgan fingerprint density at radius 3 is 1.24 bits per heavy atom. The zero-order valence-corrected chi connectivity index (χ0v) is 40.4. The first-order valence-corrected chi connectivity index (χ1v) is 25.5. The number of benzene rings is 12. The van der Waals surface area contributed by atoms with Crippen LogP contribution in [0.25, 0.3) is 149 Å². The first-order chi connectivity index (χ1) is 37.2. The van der Waals surface area contributed by atoms with E-state index in [2.05, 4.69) is 250 Å². The van der Waals surface area contributed by atoms with E-state index in [9.17, 15) is 0 Å². The van der Waals surface area contributed by atoms with Crippen molar-refractivity contribution in [3.8, 4) is 51.2 Å². The van der Waals surface area contributed by atoms with Crippen LogP contribution in [0.2, 0.25) is 0 Å². The predicted octanol–water partition coefficient (Wildman–Crippen LogP) is 17.6. The highest BCUT2D eigenvalue weighted by Gasteiger charge is 2.24. The molecule has 348 valence electrons. The van der Waals surface area contributed by atoms with Gasteiger partial charge in [-0.15, -0.1) is 0 Å². The van der Waals surface area contributed by atoms with Gasteiger partial charge < -0.3 is 9.13 Å². The lowest BCUT2D eigenvalue weighted by Gasteiger charge is -2.14. The van der Waals surface area contributed by atoms with Crippen LogP contribution >= 0.6 is 0 Å². The molecule has 16 rings (SSSR count). The maximum absolute atomic E-state index is 5.52. The van der Waals surface area contributed by atoms with E-state index in [4.69, 9.17) is 15.0 Å². The van der Waals surface area contributed by atoms with Gasteiger partial charge >= 0.3 is 0 Å². The minimum atomic E-state index is 0.546. The van der Waals surface area contributed by atoms with Crippen LogP contribution in [-0.2, 0) is 0 Å². The summed E-state index contributed by atoms with van der Waals surface area (Å²) in [4.78, 5) is 16.2. The molecule has 0 radical (unpaired) electrons. The highest BCUT2D eigenvalue weighted by atomic mass is 15.2. The van der Waals surface area contributed by atoms with Crippen LogP contribution in [0.3, 0.4) is 0 Å². The lowest BCUT2D eigenvalue weighted by molar-refractivity contribution is 0.953. The topological polar surface area (TPSA) is 53.5 Å². The largest absolute Gasteiger partial charge is 0.309 e. The molecule has 6 heteroatoms. The minimum Gasteiger partial charge on any atom is -0.309 e. The van der Waals surface area contributed by atoms with Crippen LogP contribution in [0, 0.1) is 0 Å². The summed E-state index contributed by atoms with van der Waals surface area (Å²) in [6.45, 7) is 0. The van der Waals surface area contributed by atoms with E-state index < -0.39 is 0 Å². The Balaban J connectivity index is 0.925. The summed E-state index contributed by atoms with van der Waals surface area (Å²) >= 11 is 0. The van der Waals surface area contributed by atoms with Gasteiger partial charge in [-0.1, -0.05) is 200 Å². The average molecular weight is 955 g/mol. The van der Waals surface area contributed by atoms with E-state index in [-0.39, 0.29) is 0 Å². The molecule has 0 saturated heterocycles. The number of fused-ring (bicyclic) bond motifs is 16. The van der Waals surface area contributed by atoms with Crippen molar-refractivity contribution < 1.29 is 0 Å². The van der Waals surface area contributed by atoms with Crippen LogP contribution in [-0.4, -0.2) is 28.7 Å². The lowest BCUT2D eigenvalue weighted by Crippen LogP contribution is -2.07. The third-order valence-corrected chi connectivity index (χ3v) is 15.5. The molecule has 0 bridgehead atoms. The van der Waals surface area contributed by atoms with Crippen LogP contribution in [0.5, 0.6) is 0 Å². The monoisotopic (exact) mass is 954 g/mol. The molecule has 0 aliphatic carbocycles. The van der Waals surface area contributed by atoms with Crippen LogP contribution in [0.4, 0.5) is 0 Å². The summed E-state index contributed by atoms with van der Waals surface area (Å²) in [5.41, 5.74) is 12.8. The number of para-hydroxylation sites is 4. The minimum absolute atomic E-state index is 0.546. The molecular formula is C69H42N6. The number of aromatic nitrogens is 6. The maximum atomic E-state index is 5.52. The summed E-state index contributed by atoms with van der Waals surface area (Å²) in [6.07, 6.45) is 0. The van der Waals surface area contributed by atoms with Gasteiger partial charge in [-0.3, -0.25) is 4.57 Å². The highest BCUT2D eigenvalue weighted by Crippen LogP contribution is 2.43. The van der Waals surface area contributed by atoms with Crippen LogP contribution in [0.15, 0.2) is 255 Å². The molecule has 0 saturated carbocycles. The molecule has 4 aromatic heterocycles. The van der Waals surface area contributed by atoms with Gasteiger partial charge in [0, 0.05) is 54.8 Å². The Labute approximate surface area is 430 Å². The zero-order valence-electron chi connectivity index (χ0n) is 40.4. The Morgan fingerprint density at radius 1 is 0.213 bits per heavy atom. The summed E-state index contributed by atoms with van der Waals surface area (Å²) in [6, 6.07) is 91.6. The van der Waals surface area contributed by atoms with Crippen molar-refractivity contribution in [1.82, 2.24) is 28.7 Å². The van der Waals surface area contributed by atoms with Gasteiger partial charge in [0.15, 0.2) is 11.6 Å². The van der Waals surface area contributed by atoms with Crippen LogP contribution in [0.1, 0.15) is 0 Å². The first kappa shape index (κ1) is 41.4.